The Labute approximate surface area is 178 Å². The third-order valence-electron chi connectivity index (χ3n) is 4.02. The SMILES string of the molecule is CN(C(=O)c1ccc(NC(=S)NC(=O)/C=C/c2cccs2)cc1)c1ccccc1. The molecule has 0 aliphatic rings. The molecule has 2 aromatic carbocycles. The molecule has 3 aromatic rings. The van der Waals surface area contributed by atoms with Gasteiger partial charge in [0, 0.05) is 34.9 Å². The monoisotopic (exact) mass is 421 g/mol. The molecule has 0 bridgehead atoms. The highest BCUT2D eigenvalue weighted by Gasteiger charge is 2.13. The lowest BCUT2D eigenvalue weighted by molar-refractivity contribution is -0.115. The van der Waals surface area contributed by atoms with Crippen molar-refractivity contribution in [3.63, 3.8) is 0 Å². The van der Waals surface area contributed by atoms with E-state index in [0.717, 1.165) is 10.6 Å². The Hall–Kier alpha value is -3.29. The van der Waals surface area contributed by atoms with Crippen molar-refractivity contribution in [2.75, 3.05) is 17.3 Å². The van der Waals surface area contributed by atoms with Crippen molar-refractivity contribution in [1.82, 2.24) is 5.32 Å². The molecule has 29 heavy (non-hydrogen) atoms. The number of thiocarbonyl (C=S) groups is 1. The summed E-state index contributed by atoms with van der Waals surface area (Å²) >= 11 is 6.71. The van der Waals surface area contributed by atoms with Crippen LogP contribution in [-0.4, -0.2) is 24.0 Å². The maximum atomic E-state index is 12.6. The maximum absolute atomic E-state index is 12.6. The number of nitrogens with one attached hydrogen (secondary N) is 2. The van der Waals surface area contributed by atoms with E-state index in [2.05, 4.69) is 10.6 Å². The molecule has 146 valence electrons. The van der Waals surface area contributed by atoms with Crippen molar-refractivity contribution < 1.29 is 9.59 Å². The van der Waals surface area contributed by atoms with Gasteiger partial charge in [-0.2, -0.15) is 0 Å². The van der Waals surface area contributed by atoms with Crippen molar-refractivity contribution in [3.8, 4) is 0 Å². The molecule has 7 heteroatoms. The summed E-state index contributed by atoms with van der Waals surface area (Å²) in [6.45, 7) is 0. The van der Waals surface area contributed by atoms with E-state index in [4.69, 9.17) is 12.2 Å². The van der Waals surface area contributed by atoms with E-state index in [1.54, 1.807) is 53.6 Å². The van der Waals surface area contributed by atoms with Crippen LogP contribution in [0.15, 0.2) is 78.2 Å². The van der Waals surface area contributed by atoms with Crippen molar-refractivity contribution in [1.29, 1.82) is 0 Å². The van der Waals surface area contributed by atoms with E-state index in [9.17, 15) is 9.59 Å². The molecule has 0 spiro atoms. The highest BCUT2D eigenvalue weighted by Crippen LogP contribution is 2.16. The Bertz CT molecular complexity index is 1010. The average molecular weight is 422 g/mol. The number of hydrogen-bond donors (Lipinski definition) is 2. The van der Waals surface area contributed by atoms with Gasteiger partial charge in [-0.25, -0.2) is 0 Å². The summed E-state index contributed by atoms with van der Waals surface area (Å²) in [5, 5.41) is 7.66. The van der Waals surface area contributed by atoms with Crippen molar-refractivity contribution in [3.05, 3.63) is 88.6 Å². The van der Waals surface area contributed by atoms with Gasteiger partial charge in [0.15, 0.2) is 5.11 Å². The van der Waals surface area contributed by atoms with Crippen LogP contribution in [0.2, 0.25) is 0 Å². The fourth-order valence-electron chi connectivity index (χ4n) is 2.52. The number of rotatable bonds is 5. The van der Waals surface area contributed by atoms with Crippen molar-refractivity contribution in [2.24, 2.45) is 0 Å². The summed E-state index contributed by atoms with van der Waals surface area (Å²) in [6.07, 6.45) is 3.16. The van der Waals surface area contributed by atoms with Crippen molar-refractivity contribution in [2.45, 2.75) is 0 Å². The molecule has 0 fully saturated rings. The molecule has 0 saturated heterocycles. The molecule has 0 saturated carbocycles. The molecule has 1 heterocycles. The minimum atomic E-state index is -0.313. The molecule has 0 aliphatic heterocycles. The predicted octanol–water partition coefficient (Wildman–Crippen LogP) is 4.55. The maximum Gasteiger partial charge on any atom is 0.258 e. The molecule has 0 unspecified atom stereocenters. The highest BCUT2D eigenvalue weighted by molar-refractivity contribution is 7.80. The fourth-order valence-corrected chi connectivity index (χ4v) is 3.35. The van der Waals surface area contributed by atoms with Crippen LogP contribution in [0.25, 0.3) is 6.08 Å². The Morgan fingerprint density at radius 1 is 1.00 bits per heavy atom. The van der Waals surface area contributed by atoms with Crippen LogP contribution in [-0.2, 0) is 4.79 Å². The fraction of sp³-hybridized carbons (Fsp3) is 0.0455. The lowest BCUT2D eigenvalue weighted by Gasteiger charge is -2.17. The highest BCUT2D eigenvalue weighted by atomic mass is 32.1. The zero-order chi connectivity index (χ0) is 20.6. The molecule has 2 amide bonds. The summed E-state index contributed by atoms with van der Waals surface area (Å²) in [6, 6.07) is 20.2. The number of anilines is 2. The molecule has 1 aromatic heterocycles. The number of thiophene rings is 1. The number of hydrogen-bond acceptors (Lipinski definition) is 4. The van der Waals surface area contributed by atoms with Gasteiger partial charge in [-0.15, -0.1) is 11.3 Å². The Balaban J connectivity index is 1.55. The Morgan fingerprint density at radius 2 is 1.72 bits per heavy atom. The van der Waals surface area contributed by atoms with E-state index in [-0.39, 0.29) is 16.9 Å². The molecule has 0 radical (unpaired) electrons. The van der Waals surface area contributed by atoms with E-state index in [0.29, 0.717) is 11.3 Å². The van der Waals surface area contributed by atoms with Crippen LogP contribution in [0.4, 0.5) is 11.4 Å². The second-order valence-electron chi connectivity index (χ2n) is 6.07. The van der Waals surface area contributed by atoms with Gasteiger partial charge in [-0.1, -0.05) is 24.3 Å². The Morgan fingerprint density at radius 3 is 2.38 bits per heavy atom. The number of nitrogens with zero attached hydrogens (tertiary/aromatic N) is 1. The lowest BCUT2D eigenvalue weighted by atomic mass is 10.1. The smallest absolute Gasteiger partial charge is 0.258 e. The Kier molecular flexibility index (Phi) is 6.89. The number of amides is 2. The van der Waals surface area contributed by atoms with Gasteiger partial charge in [0.2, 0.25) is 5.91 Å². The topological polar surface area (TPSA) is 61.4 Å². The van der Waals surface area contributed by atoms with E-state index in [1.807, 2.05) is 47.8 Å². The molecule has 2 N–H and O–H groups in total. The predicted molar refractivity (Wildman–Crippen MR) is 123 cm³/mol. The summed E-state index contributed by atoms with van der Waals surface area (Å²) in [4.78, 5) is 27.1. The first-order valence-electron chi connectivity index (χ1n) is 8.79. The molecular formula is C22H19N3O2S2. The summed E-state index contributed by atoms with van der Waals surface area (Å²) in [7, 11) is 1.73. The molecule has 5 nitrogen and oxygen atoms in total. The van der Waals surface area contributed by atoms with E-state index >= 15 is 0 Å². The first-order valence-corrected chi connectivity index (χ1v) is 10.1. The zero-order valence-electron chi connectivity index (χ0n) is 15.7. The van der Waals surface area contributed by atoms with Crippen LogP contribution in [0.3, 0.4) is 0 Å². The number of carbonyl (C=O) groups excluding carboxylic acids is 2. The van der Waals surface area contributed by atoms with Crippen LogP contribution in [0.1, 0.15) is 15.2 Å². The number of carbonyl (C=O) groups is 2. The van der Waals surface area contributed by atoms with Crippen LogP contribution < -0.4 is 15.5 Å². The summed E-state index contributed by atoms with van der Waals surface area (Å²) in [5.41, 5.74) is 2.05. The molecule has 0 aliphatic carbocycles. The third-order valence-corrected chi connectivity index (χ3v) is 5.06. The number of para-hydroxylation sites is 1. The summed E-state index contributed by atoms with van der Waals surface area (Å²) in [5.74, 6) is -0.426. The van der Waals surface area contributed by atoms with Gasteiger partial charge in [0.1, 0.15) is 0 Å². The van der Waals surface area contributed by atoms with E-state index < -0.39 is 0 Å². The molecular weight excluding hydrogens is 402 g/mol. The lowest BCUT2D eigenvalue weighted by Crippen LogP contribution is -2.32. The first kappa shape index (κ1) is 20.4. The van der Waals surface area contributed by atoms with Crippen LogP contribution in [0, 0.1) is 0 Å². The standard InChI is InChI=1S/C22H19N3O2S2/c1-25(18-6-3-2-4-7-18)21(27)16-9-11-17(12-10-16)23-22(28)24-20(26)14-13-19-8-5-15-29-19/h2-15H,1H3,(H2,23,24,26,28)/b14-13+. The second-order valence-corrected chi connectivity index (χ2v) is 7.46. The van der Waals surface area contributed by atoms with Gasteiger partial charge >= 0.3 is 0 Å². The van der Waals surface area contributed by atoms with Gasteiger partial charge in [-0.3, -0.25) is 14.9 Å². The van der Waals surface area contributed by atoms with Gasteiger partial charge in [0.25, 0.3) is 5.91 Å². The van der Waals surface area contributed by atoms with Crippen LogP contribution in [0.5, 0.6) is 0 Å². The minimum absolute atomic E-state index is 0.114. The van der Waals surface area contributed by atoms with Gasteiger partial charge < -0.3 is 10.2 Å². The van der Waals surface area contributed by atoms with Crippen LogP contribution >= 0.6 is 23.6 Å². The quantitative estimate of drug-likeness (QED) is 0.469. The zero-order valence-corrected chi connectivity index (χ0v) is 17.3. The van der Waals surface area contributed by atoms with Crippen molar-refractivity contribution >= 4 is 57.9 Å². The van der Waals surface area contributed by atoms with Gasteiger partial charge in [0.05, 0.1) is 0 Å². The normalized spacial score (nSPS) is 10.5. The van der Waals surface area contributed by atoms with E-state index in [1.165, 1.54) is 6.08 Å². The average Bonchev–Trinajstić information content (AvgIpc) is 3.26. The minimum Gasteiger partial charge on any atom is -0.332 e. The second kappa shape index (κ2) is 9.77. The van der Waals surface area contributed by atoms with Gasteiger partial charge in [-0.05, 0) is 66.1 Å². The molecule has 3 rings (SSSR count). The largest absolute Gasteiger partial charge is 0.332 e. The summed E-state index contributed by atoms with van der Waals surface area (Å²) < 4.78 is 0. The molecule has 0 atom stereocenters. The third kappa shape index (κ3) is 5.84. The first-order chi connectivity index (χ1) is 14.0. The number of benzene rings is 2.